The maximum Gasteiger partial charge on any atom is 0.259 e. The molecule has 0 bridgehead atoms. The van der Waals surface area contributed by atoms with Crippen LogP contribution in [0.4, 0.5) is 5.69 Å². The number of anilines is 1. The second-order valence-corrected chi connectivity index (χ2v) is 10.7. The Morgan fingerprint density at radius 3 is 2.52 bits per heavy atom. The lowest BCUT2D eigenvalue weighted by atomic mass is 10.1. The first kappa shape index (κ1) is 21.2. The minimum absolute atomic E-state index is 0.0778. The SMILES string of the molecule is CC(C)N(C)S(=O)(=O)c1ccc(NC(=O)C2=CC=CN3CCS(=O)(=O)N=C23)cc1. The van der Waals surface area contributed by atoms with Crippen LogP contribution in [0.25, 0.3) is 0 Å². The Hall–Kier alpha value is -2.50. The number of amidine groups is 1. The zero-order valence-corrected chi connectivity index (χ0v) is 17.9. The lowest BCUT2D eigenvalue weighted by Gasteiger charge is -2.28. The topological polar surface area (TPSA) is 116 Å². The number of amides is 1. The van der Waals surface area contributed by atoms with E-state index in [1.807, 2.05) is 0 Å². The van der Waals surface area contributed by atoms with Crippen molar-refractivity contribution >= 4 is 37.5 Å². The van der Waals surface area contributed by atoms with Crippen LogP contribution in [0.15, 0.2) is 57.5 Å². The lowest BCUT2D eigenvalue weighted by Crippen LogP contribution is -2.40. The smallest absolute Gasteiger partial charge is 0.259 e. The van der Waals surface area contributed by atoms with Gasteiger partial charge in [0.1, 0.15) is 0 Å². The zero-order chi connectivity index (χ0) is 21.4. The molecule has 0 radical (unpaired) electrons. The molecule has 0 fully saturated rings. The summed E-state index contributed by atoms with van der Waals surface area (Å²) in [7, 11) is -5.73. The van der Waals surface area contributed by atoms with E-state index in [2.05, 4.69) is 9.71 Å². The lowest BCUT2D eigenvalue weighted by molar-refractivity contribution is -0.112. The van der Waals surface area contributed by atoms with Gasteiger partial charge in [-0.1, -0.05) is 0 Å². The van der Waals surface area contributed by atoms with E-state index in [0.29, 0.717) is 5.69 Å². The molecule has 0 aliphatic carbocycles. The first-order valence-electron chi connectivity index (χ1n) is 8.89. The number of carbonyl (C=O) groups excluding carboxylic acids is 1. The number of hydrogen-bond donors (Lipinski definition) is 1. The highest BCUT2D eigenvalue weighted by atomic mass is 32.2. The van der Waals surface area contributed by atoms with E-state index in [1.54, 1.807) is 31.0 Å². The molecule has 29 heavy (non-hydrogen) atoms. The first-order chi connectivity index (χ1) is 13.5. The molecular formula is C18H22N4O5S2. The monoisotopic (exact) mass is 438 g/mol. The van der Waals surface area contributed by atoms with Crippen LogP contribution in [0.5, 0.6) is 0 Å². The van der Waals surface area contributed by atoms with Crippen LogP contribution in [-0.4, -0.2) is 63.2 Å². The van der Waals surface area contributed by atoms with Gasteiger partial charge in [0.15, 0.2) is 5.84 Å². The van der Waals surface area contributed by atoms with Gasteiger partial charge in [-0.25, -0.2) is 16.8 Å². The van der Waals surface area contributed by atoms with Gasteiger partial charge in [-0.3, -0.25) is 4.79 Å². The quantitative estimate of drug-likeness (QED) is 0.737. The van der Waals surface area contributed by atoms with Gasteiger partial charge in [0, 0.05) is 31.5 Å². The molecule has 1 aromatic carbocycles. The Labute approximate surface area is 170 Å². The number of carbonyl (C=O) groups is 1. The predicted octanol–water partition coefficient (Wildman–Crippen LogP) is 1.15. The number of hydrogen-bond acceptors (Lipinski definition) is 6. The summed E-state index contributed by atoms with van der Waals surface area (Å²) in [6, 6.07) is 5.59. The van der Waals surface area contributed by atoms with Crippen molar-refractivity contribution in [2.45, 2.75) is 24.8 Å². The van der Waals surface area contributed by atoms with Gasteiger partial charge in [0.25, 0.3) is 15.9 Å². The standard InChI is InChI=1S/C18H22N4O5S2/c1-13(2)21(3)29(26,27)15-8-6-14(7-9-15)19-18(23)16-5-4-10-22-11-12-28(24,25)20-17(16)22/h4-10,13H,11-12H2,1-3H3,(H,19,23). The van der Waals surface area contributed by atoms with Crippen LogP contribution in [0, 0.1) is 0 Å². The second-order valence-electron chi connectivity index (χ2n) is 6.91. The Morgan fingerprint density at radius 1 is 1.24 bits per heavy atom. The van der Waals surface area contributed by atoms with Crippen molar-refractivity contribution < 1.29 is 21.6 Å². The van der Waals surface area contributed by atoms with E-state index < -0.39 is 26.0 Å². The maximum atomic E-state index is 12.7. The van der Waals surface area contributed by atoms with E-state index in [4.69, 9.17) is 0 Å². The van der Waals surface area contributed by atoms with Crippen LogP contribution < -0.4 is 5.32 Å². The molecule has 2 aliphatic rings. The van der Waals surface area contributed by atoms with Crippen molar-refractivity contribution in [2.75, 3.05) is 24.7 Å². The van der Waals surface area contributed by atoms with Gasteiger partial charge < -0.3 is 10.2 Å². The number of fused-ring (bicyclic) bond motifs is 1. The Balaban J connectivity index is 1.80. The van der Waals surface area contributed by atoms with E-state index in [9.17, 15) is 21.6 Å². The molecule has 0 saturated carbocycles. The van der Waals surface area contributed by atoms with Gasteiger partial charge in [0.05, 0.1) is 16.2 Å². The fourth-order valence-corrected chi connectivity index (χ4v) is 5.10. The molecule has 11 heteroatoms. The Bertz CT molecular complexity index is 1120. The van der Waals surface area contributed by atoms with Gasteiger partial charge in [0.2, 0.25) is 10.0 Å². The summed E-state index contributed by atoms with van der Waals surface area (Å²) in [4.78, 5) is 14.4. The normalized spacial score (nSPS) is 18.3. The predicted molar refractivity (Wildman–Crippen MR) is 110 cm³/mol. The van der Waals surface area contributed by atoms with Gasteiger partial charge >= 0.3 is 0 Å². The molecule has 3 rings (SSSR count). The molecule has 156 valence electrons. The highest BCUT2D eigenvalue weighted by Gasteiger charge is 2.30. The summed E-state index contributed by atoms with van der Waals surface area (Å²) >= 11 is 0. The third-order valence-corrected chi connectivity index (χ3v) is 7.82. The fourth-order valence-electron chi connectivity index (χ4n) is 2.75. The van der Waals surface area contributed by atoms with Gasteiger partial charge in [-0.05, 0) is 50.3 Å². The number of rotatable bonds is 5. The van der Waals surface area contributed by atoms with Crippen molar-refractivity contribution in [1.29, 1.82) is 0 Å². The number of nitrogens with one attached hydrogen (secondary N) is 1. The van der Waals surface area contributed by atoms with Crippen LogP contribution in [-0.2, 0) is 24.8 Å². The Morgan fingerprint density at radius 2 is 1.90 bits per heavy atom. The average molecular weight is 439 g/mol. The van der Waals surface area contributed by atoms with Crippen LogP contribution in [0.3, 0.4) is 0 Å². The number of benzene rings is 1. The number of nitrogens with zero attached hydrogens (tertiary/aromatic N) is 3. The van der Waals surface area contributed by atoms with E-state index in [0.717, 1.165) is 0 Å². The molecule has 1 N–H and O–H groups in total. The summed E-state index contributed by atoms with van der Waals surface area (Å²) in [5.74, 6) is -0.574. The summed E-state index contributed by atoms with van der Waals surface area (Å²) in [6.07, 6.45) is 4.79. The number of allylic oxidation sites excluding steroid dienone is 2. The fraction of sp³-hybridized carbons (Fsp3) is 0.333. The number of sulfonamides is 2. The van der Waals surface area contributed by atoms with Crippen molar-refractivity contribution in [3.63, 3.8) is 0 Å². The Kier molecular flexibility index (Phi) is 5.65. The third-order valence-electron chi connectivity index (χ3n) is 4.62. The molecule has 1 amide bonds. The summed E-state index contributed by atoms with van der Waals surface area (Å²) in [5, 5.41) is 2.65. The highest BCUT2D eigenvalue weighted by Crippen LogP contribution is 2.21. The molecule has 0 unspecified atom stereocenters. The summed E-state index contributed by atoms with van der Waals surface area (Å²) in [6.45, 7) is 3.77. The van der Waals surface area contributed by atoms with Crippen molar-refractivity contribution in [3.8, 4) is 0 Å². The third kappa shape index (κ3) is 4.41. The van der Waals surface area contributed by atoms with Crippen LogP contribution in [0.1, 0.15) is 13.8 Å². The summed E-state index contributed by atoms with van der Waals surface area (Å²) < 4.78 is 53.6. The van der Waals surface area contributed by atoms with Gasteiger partial charge in [-0.2, -0.15) is 4.31 Å². The maximum absolute atomic E-state index is 12.7. The second kappa shape index (κ2) is 7.73. The van der Waals surface area contributed by atoms with Crippen molar-refractivity contribution in [2.24, 2.45) is 4.40 Å². The molecular weight excluding hydrogens is 416 g/mol. The minimum Gasteiger partial charge on any atom is -0.331 e. The van der Waals surface area contributed by atoms with E-state index in [-0.39, 0.29) is 34.6 Å². The largest absolute Gasteiger partial charge is 0.331 e. The van der Waals surface area contributed by atoms with Crippen LogP contribution >= 0.6 is 0 Å². The van der Waals surface area contributed by atoms with Gasteiger partial charge in [-0.15, -0.1) is 4.40 Å². The van der Waals surface area contributed by atoms with E-state index >= 15 is 0 Å². The summed E-state index contributed by atoms with van der Waals surface area (Å²) in [5.41, 5.74) is 0.495. The molecule has 0 spiro atoms. The molecule has 1 aromatic rings. The zero-order valence-electron chi connectivity index (χ0n) is 16.2. The molecule has 2 heterocycles. The average Bonchev–Trinajstić information content (AvgIpc) is 2.66. The molecule has 0 saturated heterocycles. The first-order valence-corrected chi connectivity index (χ1v) is 11.9. The molecule has 0 aromatic heterocycles. The van der Waals surface area contributed by atoms with E-state index in [1.165, 1.54) is 41.7 Å². The highest BCUT2D eigenvalue weighted by molar-refractivity contribution is 7.90. The van der Waals surface area contributed by atoms with Crippen molar-refractivity contribution in [1.82, 2.24) is 9.21 Å². The molecule has 9 nitrogen and oxygen atoms in total. The molecule has 0 atom stereocenters. The van der Waals surface area contributed by atoms with Crippen LogP contribution in [0.2, 0.25) is 0 Å². The minimum atomic E-state index is -3.63. The molecule has 2 aliphatic heterocycles. The van der Waals surface area contributed by atoms with Crippen molar-refractivity contribution in [3.05, 3.63) is 48.2 Å².